The SMILES string of the molecule is CCCCCCCCCCC/C=C\C/C=C\CCCCCCCCCCCCCCCCCCC(O)C(=O)NC(CO)C(O)C(O)CCCCCCCCCCCCCCCCCCCCCC. The van der Waals surface area contributed by atoms with E-state index in [1.165, 1.54) is 263 Å². The van der Waals surface area contributed by atoms with E-state index in [0.29, 0.717) is 12.8 Å². The molecular weight excluding hydrogens is 839 g/mol. The standard InChI is InChI=1S/C62H121NO5/c1-3-5-7-9-11-13-15-17-19-21-23-25-26-27-28-29-30-31-32-33-34-35-36-38-40-42-44-46-48-50-52-54-56-60(66)62(68)63-58(57-64)61(67)59(65)55-53-51-49-47-45-43-41-39-37-24-22-20-18-16-14-12-10-8-6-4-2/h23,25,27-28,58-61,64-67H,3-22,24,26,29-57H2,1-2H3,(H,63,68)/b25-23-,28-27-. The Balaban J connectivity index is 3.57. The van der Waals surface area contributed by atoms with Gasteiger partial charge >= 0.3 is 0 Å². The van der Waals surface area contributed by atoms with E-state index in [2.05, 4.69) is 43.5 Å². The molecule has 68 heavy (non-hydrogen) atoms. The van der Waals surface area contributed by atoms with Crippen molar-refractivity contribution in [2.45, 2.75) is 359 Å². The van der Waals surface area contributed by atoms with Crippen molar-refractivity contribution in [2.75, 3.05) is 6.61 Å². The van der Waals surface area contributed by atoms with Crippen molar-refractivity contribution < 1.29 is 25.2 Å². The minimum atomic E-state index is -1.26. The molecule has 0 aliphatic rings. The van der Waals surface area contributed by atoms with Gasteiger partial charge in [0.1, 0.15) is 12.2 Å². The Bertz CT molecular complexity index is 1030. The number of rotatable bonds is 57. The minimum absolute atomic E-state index is 0.372. The summed E-state index contributed by atoms with van der Waals surface area (Å²) in [5.74, 6) is -0.578. The van der Waals surface area contributed by atoms with E-state index in [0.717, 1.165) is 44.9 Å². The monoisotopic (exact) mass is 960 g/mol. The number of carbonyl (C=O) groups is 1. The van der Waals surface area contributed by atoms with Crippen molar-refractivity contribution in [3.63, 3.8) is 0 Å². The van der Waals surface area contributed by atoms with Crippen LogP contribution in [0.5, 0.6) is 0 Å². The van der Waals surface area contributed by atoms with Crippen LogP contribution >= 0.6 is 0 Å². The summed E-state index contributed by atoms with van der Waals surface area (Å²) in [5.41, 5.74) is 0. The lowest BCUT2D eigenvalue weighted by Gasteiger charge is -2.27. The molecule has 4 unspecified atom stereocenters. The predicted octanol–water partition coefficient (Wildman–Crippen LogP) is 18.2. The number of carbonyl (C=O) groups excluding carboxylic acids is 1. The van der Waals surface area contributed by atoms with E-state index in [1.807, 2.05) is 0 Å². The number of nitrogens with one attached hydrogen (secondary N) is 1. The second kappa shape index (κ2) is 56.7. The Morgan fingerprint density at radius 3 is 0.926 bits per heavy atom. The van der Waals surface area contributed by atoms with Crippen molar-refractivity contribution in [1.82, 2.24) is 5.32 Å². The lowest BCUT2D eigenvalue weighted by molar-refractivity contribution is -0.132. The van der Waals surface area contributed by atoms with Crippen LogP contribution in [0.15, 0.2) is 24.3 Å². The topological polar surface area (TPSA) is 110 Å². The zero-order valence-corrected chi connectivity index (χ0v) is 45.9. The molecule has 6 heteroatoms. The molecule has 0 heterocycles. The summed E-state index contributed by atoms with van der Waals surface area (Å²) < 4.78 is 0. The first-order chi connectivity index (χ1) is 33.5. The van der Waals surface area contributed by atoms with E-state index in [4.69, 9.17) is 0 Å². The van der Waals surface area contributed by atoms with E-state index >= 15 is 0 Å². The molecule has 0 radical (unpaired) electrons. The van der Waals surface area contributed by atoms with Gasteiger partial charge < -0.3 is 25.7 Å². The molecule has 1 amide bonds. The average molecular weight is 961 g/mol. The Labute approximate surface area is 425 Å². The number of allylic oxidation sites excluding steroid dienone is 4. The van der Waals surface area contributed by atoms with Gasteiger partial charge in [0.25, 0.3) is 0 Å². The highest BCUT2D eigenvalue weighted by atomic mass is 16.3. The molecule has 6 nitrogen and oxygen atoms in total. The van der Waals surface area contributed by atoms with Gasteiger partial charge in [-0.15, -0.1) is 0 Å². The molecule has 4 atom stereocenters. The van der Waals surface area contributed by atoms with E-state index in [1.54, 1.807) is 0 Å². The molecule has 0 aliphatic carbocycles. The zero-order valence-electron chi connectivity index (χ0n) is 45.9. The smallest absolute Gasteiger partial charge is 0.249 e. The number of aliphatic hydroxyl groups is 4. The molecule has 404 valence electrons. The van der Waals surface area contributed by atoms with Crippen LogP contribution in [-0.2, 0) is 4.79 Å². The van der Waals surface area contributed by atoms with Crippen molar-refractivity contribution in [1.29, 1.82) is 0 Å². The molecule has 0 spiro atoms. The molecule has 0 saturated carbocycles. The van der Waals surface area contributed by atoms with Gasteiger partial charge in [0.05, 0.1) is 18.8 Å². The van der Waals surface area contributed by atoms with Gasteiger partial charge in [0.15, 0.2) is 0 Å². The number of hydrogen-bond acceptors (Lipinski definition) is 5. The maximum atomic E-state index is 12.6. The maximum Gasteiger partial charge on any atom is 0.249 e. The second-order valence-electron chi connectivity index (χ2n) is 21.4. The summed E-state index contributed by atoms with van der Waals surface area (Å²) >= 11 is 0. The summed E-state index contributed by atoms with van der Waals surface area (Å²) in [6.45, 7) is 4.09. The van der Waals surface area contributed by atoms with E-state index < -0.39 is 36.9 Å². The molecular formula is C62H121NO5. The molecule has 0 aromatic carbocycles. The van der Waals surface area contributed by atoms with E-state index in [-0.39, 0.29) is 0 Å². The van der Waals surface area contributed by atoms with Gasteiger partial charge in [-0.1, -0.05) is 314 Å². The molecule has 5 N–H and O–H groups in total. The van der Waals surface area contributed by atoms with Crippen LogP contribution in [0.1, 0.15) is 335 Å². The van der Waals surface area contributed by atoms with Crippen LogP contribution in [-0.4, -0.2) is 57.3 Å². The van der Waals surface area contributed by atoms with Crippen molar-refractivity contribution >= 4 is 5.91 Å². The summed E-state index contributed by atoms with van der Waals surface area (Å²) in [6, 6.07) is -0.984. The third kappa shape index (κ3) is 49.8. The summed E-state index contributed by atoms with van der Waals surface area (Å²) in [7, 11) is 0. The lowest BCUT2D eigenvalue weighted by Crippen LogP contribution is -2.53. The maximum absolute atomic E-state index is 12.6. The highest BCUT2D eigenvalue weighted by molar-refractivity contribution is 5.80. The van der Waals surface area contributed by atoms with Gasteiger partial charge in [-0.25, -0.2) is 0 Å². The molecule has 0 aliphatic heterocycles. The van der Waals surface area contributed by atoms with Crippen LogP contribution in [0.3, 0.4) is 0 Å². The summed E-state index contributed by atoms with van der Waals surface area (Å²) in [5, 5.41) is 44.1. The number of unbranched alkanes of at least 4 members (excludes halogenated alkanes) is 44. The Morgan fingerprint density at radius 2 is 0.632 bits per heavy atom. The summed E-state index contributed by atoms with van der Waals surface area (Å²) in [4.78, 5) is 12.6. The zero-order chi connectivity index (χ0) is 49.5. The normalized spacial score (nSPS) is 13.8. The fraction of sp³-hybridized carbons (Fsp3) is 0.919. The molecule has 0 fully saturated rings. The van der Waals surface area contributed by atoms with Gasteiger partial charge in [0, 0.05) is 0 Å². The largest absolute Gasteiger partial charge is 0.394 e. The first kappa shape index (κ1) is 66.8. The highest BCUT2D eigenvalue weighted by Crippen LogP contribution is 2.19. The third-order valence-electron chi connectivity index (χ3n) is 14.7. The first-order valence-corrected chi connectivity index (χ1v) is 30.7. The van der Waals surface area contributed by atoms with Crippen molar-refractivity contribution in [3.8, 4) is 0 Å². The van der Waals surface area contributed by atoms with Gasteiger partial charge in [-0.05, 0) is 44.9 Å². The fourth-order valence-corrected chi connectivity index (χ4v) is 9.85. The molecule has 0 saturated heterocycles. The lowest BCUT2D eigenvalue weighted by atomic mass is 9.99. The first-order valence-electron chi connectivity index (χ1n) is 30.7. The van der Waals surface area contributed by atoms with Crippen molar-refractivity contribution in [2.24, 2.45) is 0 Å². The molecule has 0 aromatic rings. The quantitative estimate of drug-likeness (QED) is 0.0308. The van der Waals surface area contributed by atoms with E-state index in [9.17, 15) is 25.2 Å². The van der Waals surface area contributed by atoms with Crippen LogP contribution in [0.25, 0.3) is 0 Å². The van der Waals surface area contributed by atoms with Gasteiger partial charge in [-0.2, -0.15) is 0 Å². The van der Waals surface area contributed by atoms with Gasteiger partial charge in [-0.3, -0.25) is 4.79 Å². The summed E-state index contributed by atoms with van der Waals surface area (Å²) in [6.07, 6.45) is 69.8. The Hall–Kier alpha value is -1.21. The van der Waals surface area contributed by atoms with Crippen LogP contribution in [0.2, 0.25) is 0 Å². The highest BCUT2D eigenvalue weighted by Gasteiger charge is 2.28. The third-order valence-corrected chi connectivity index (χ3v) is 14.7. The second-order valence-corrected chi connectivity index (χ2v) is 21.4. The number of aliphatic hydroxyl groups excluding tert-OH is 4. The molecule has 0 aromatic heterocycles. The number of hydrogen-bond donors (Lipinski definition) is 5. The predicted molar refractivity (Wildman–Crippen MR) is 298 cm³/mol. The molecule has 0 bridgehead atoms. The van der Waals surface area contributed by atoms with Gasteiger partial charge in [0.2, 0.25) is 5.91 Å². The average Bonchev–Trinajstić information content (AvgIpc) is 3.34. The van der Waals surface area contributed by atoms with Crippen LogP contribution in [0.4, 0.5) is 0 Å². The molecule has 0 rings (SSSR count). The Kier molecular flexibility index (Phi) is 55.7. The van der Waals surface area contributed by atoms with Crippen LogP contribution in [0, 0.1) is 0 Å². The van der Waals surface area contributed by atoms with Crippen LogP contribution < -0.4 is 5.32 Å². The fourth-order valence-electron chi connectivity index (χ4n) is 9.85. The van der Waals surface area contributed by atoms with Crippen molar-refractivity contribution in [3.05, 3.63) is 24.3 Å². The Morgan fingerprint density at radius 1 is 0.368 bits per heavy atom. The number of amides is 1. The minimum Gasteiger partial charge on any atom is -0.394 e.